The summed E-state index contributed by atoms with van der Waals surface area (Å²) in [5.41, 5.74) is 1.10. The first-order valence-corrected chi connectivity index (χ1v) is 13.8. The van der Waals surface area contributed by atoms with Crippen LogP contribution < -0.4 is 4.74 Å². The van der Waals surface area contributed by atoms with E-state index in [2.05, 4.69) is 4.98 Å². The van der Waals surface area contributed by atoms with E-state index >= 15 is 0 Å². The van der Waals surface area contributed by atoms with Crippen LogP contribution in [0.2, 0.25) is 0 Å². The van der Waals surface area contributed by atoms with Crippen LogP contribution in [0.1, 0.15) is 18.2 Å². The smallest absolute Gasteiger partial charge is 0.243 e. The van der Waals surface area contributed by atoms with Crippen molar-refractivity contribution >= 4 is 19.9 Å². The molecule has 0 atom stereocenters. The van der Waals surface area contributed by atoms with Crippen molar-refractivity contribution in [1.82, 2.24) is 13.9 Å². The zero-order valence-corrected chi connectivity index (χ0v) is 21.0. The SMILES string of the molecule is CCN(Cc1cnc(S(=O)(=O)Cc2ccccc2)n1CCOC)S(=O)(=O)c1ccc(OC)cc1. The Morgan fingerprint density at radius 2 is 1.65 bits per heavy atom. The Hall–Kier alpha value is -2.73. The molecule has 0 N–H and O–H groups in total. The molecule has 0 bridgehead atoms. The van der Waals surface area contributed by atoms with Crippen molar-refractivity contribution in [3.63, 3.8) is 0 Å². The minimum atomic E-state index is -3.83. The van der Waals surface area contributed by atoms with Gasteiger partial charge in [0.25, 0.3) is 0 Å². The van der Waals surface area contributed by atoms with E-state index in [0.717, 1.165) is 0 Å². The molecule has 0 saturated carbocycles. The van der Waals surface area contributed by atoms with Gasteiger partial charge in [-0.15, -0.1) is 0 Å². The zero-order chi connectivity index (χ0) is 24.8. The summed E-state index contributed by atoms with van der Waals surface area (Å²) in [6, 6.07) is 15.0. The lowest BCUT2D eigenvalue weighted by Gasteiger charge is -2.22. The fraction of sp³-hybridized carbons (Fsp3) is 0.348. The highest BCUT2D eigenvalue weighted by molar-refractivity contribution is 7.90. The second-order valence-corrected chi connectivity index (χ2v) is 11.3. The quantitative estimate of drug-likeness (QED) is 0.371. The number of nitrogens with zero attached hydrogens (tertiary/aromatic N) is 3. The van der Waals surface area contributed by atoms with E-state index in [9.17, 15) is 16.8 Å². The van der Waals surface area contributed by atoms with E-state index in [1.807, 2.05) is 6.07 Å². The van der Waals surface area contributed by atoms with E-state index in [1.165, 1.54) is 41.4 Å². The average molecular weight is 508 g/mol. The molecule has 0 saturated heterocycles. The van der Waals surface area contributed by atoms with Gasteiger partial charge in [0.1, 0.15) is 5.75 Å². The average Bonchev–Trinajstić information content (AvgIpc) is 3.24. The van der Waals surface area contributed by atoms with Crippen LogP contribution in [0.5, 0.6) is 5.75 Å². The Bertz CT molecular complexity index is 1290. The molecule has 2 aromatic carbocycles. The number of hydrogen-bond acceptors (Lipinski definition) is 7. The molecule has 0 unspecified atom stereocenters. The van der Waals surface area contributed by atoms with Crippen LogP contribution in [0.25, 0.3) is 0 Å². The van der Waals surface area contributed by atoms with Crippen molar-refractivity contribution in [3.05, 3.63) is 72.1 Å². The van der Waals surface area contributed by atoms with Gasteiger partial charge in [-0.3, -0.25) is 0 Å². The third-order valence-electron chi connectivity index (χ3n) is 5.29. The molecule has 0 radical (unpaired) electrons. The van der Waals surface area contributed by atoms with E-state index in [-0.39, 0.29) is 42.0 Å². The first kappa shape index (κ1) is 25.9. The highest BCUT2D eigenvalue weighted by Gasteiger charge is 2.28. The summed E-state index contributed by atoms with van der Waals surface area (Å²) in [7, 11) is -4.59. The number of ether oxygens (including phenoxy) is 2. The number of benzene rings is 2. The van der Waals surface area contributed by atoms with Crippen LogP contribution in [0, 0.1) is 0 Å². The third-order valence-corrected chi connectivity index (χ3v) is 8.82. The first-order chi connectivity index (χ1) is 16.2. The highest BCUT2D eigenvalue weighted by atomic mass is 32.2. The summed E-state index contributed by atoms with van der Waals surface area (Å²) in [4.78, 5) is 4.30. The molecule has 9 nitrogen and oxygen atoms in total. The fourth-order valence-electron chi connectivity index (χ4n) is 3.49. The summed E-state index contributed by atoms with van der Waals surface area (Å²) < 4.78 is 65.9. The van der Waals surface area contributed by atoms with Crippen molar-refractivity contribution < 1.29 is 26.3 Å². The number of aromatic nitrogens is 2. The van der Waals surface area contributed by atoms with Gasteiger partial charge in [0.05, 0.1) is 42.8 Å². The number of rotatable bonds is 12. The summed E-state index contributed by atoms with van der Waals surface area (Å²) in [5, 5.41) is -0.110. The van der Waals surface area contributed by atoms with Crippen LogP contribution in [-0.2, 0) is 43.4 Å². The van der Waals surface area contributed by atoms with Crippen molar-refractivity contribution in [3.8, 4) is 5.75 Å². The number of sulfone groups is 1. The van der Waals surface area contributed by atoms with Crippen LogP contribution in [0.15, 0.2) is 70.8 Å². The fourth-order valence-corrected chi connectivity index (χ4v) is 6.43. The molecule has 3 rings (SSSR count). The van der Waals surface area contributed by atoms with Gasteiger partial charge in [-0.05, 0) is 29.8 Å². The predicted molar refractivity (Wildman–Crippen MR) is 128 cm³/mol. The minimum absolute atomic E-state index is 0.0393. The van der Waals surface area contributed by atoms with E-state index in [1.54, 1.807) is 43.3 Å². The molecule has 0 aliphatic heterocycles. The minimum Gasteiger partial charge on any atom is -0.497 e. The van der Waals surface area contributed by atoms with E-state index < -0.39 is 19.9 Å². The molecule has 184 valence electrons. The maximum Gasteiger partial charge on any atom is 0.243 e. The Kier molecular flexibility index (Phi) is 8.47. The molecular formula is C23H29N3O6S2. The summed E-state index contributed by atoms with van der Waals surface area (Å²) >= 11 is 0. The van der Waals surface area contributed by atoms with Gasteiger partial charge in [-0.1, -0.05) is 37.3 Å². The van der Waals surface area contributed by atoms with Crippen molar-refractivity contribution in [2.24, 2.45) is 0 Å². The second-order valence-electron chi connectivity index (χ2n) is 7.53. The highest BCUT2D eigenvalue weighted by Crippen LogP contribution is 2.23. The molecule has 1 aromatic heterocycles. The first-order valence-electron chi connectivity index (χ1n) is 10.7. The molecule has 0 fully saturated rings. The molecule has 0 spiro atoms. The topological polar surface area (TPSA) is 108 Å². The van der Waals surface area contributed by atoms with Crippen LogP contribution >= 0.6 is 0 Å². The maximum atomic E-state index is 13.3. The second kappa shape index (κ2) is 11.1. The number of hydrogen-bond donors (Lipinski definition) is 0. The van der Waals surface area contributed by atoms with Gasteiger partial charge >= 0.3 is 0 Å². The molecule has 0 aliphatic carbocycles. The van der Waals surface area contributed by atoms with Crippen LogP contribution in [0.4, 0.5) is 0 Å². The predicted octanol–water partition coefficient (Wildman–Crippen LogP) is 2.72. The van der Waals surface area contributed by atoms with Gasteiger partial charge in [0, 0.05) is 20.2 Å². The van der Waals surface area contributed by atoms with Crippen molar-refractivity contribution in [2.75, 3.05) is 27.4 Å². The molecular weight excluding hydrogens is 478 g/mol. The van der Waals surface area contributed by atoms with E-state index in [0.29, 0.717) is 17.0 Å². The molecule has 3 aromatic rings. The molecule has 34 heavy (non-hydrogen) atoms. The van der Waals surface area contributed by atoms with Crippen molar-refractivity contribution in [1.29, 1.82) is 0 Å². The van der Waals surface area contributed by atoms with Gasteiger partial charge < -0.3 is 14.0 Å². The van der Waals surface area contributed by atoms with E-state index in [4.69, 9.17) is 9.47 Å². The van der Waals surface area contributed by atoms with Crippen molar-refractivity contribution in [2.45, 2.75) is 35.8 Å². The summed E-state index contributed by atoms with van der Waals surface area (Å²) in [6.45, 7) is 2.34. The Morgan fingerprint density at radius 3 is 2.24 bits per heavy atom. The van der Waals surface area contributed by atoms with Gasteiger partial charge in [0.2, 0.25) is 25.0 Å². The number of sulfonamides is 1. The number of methoxy groups -OCH3 is 2. The standard InChI is InChI=1S/C23H29N3O6S2/c1-4-25(34(29,30)22-12-10-21(32-3)11-13-22)17-20-16-24-23(26(20)14-15-31-2)33(27,28)18-19-8-6-5-7-9-19/h5-13,16H,4,14-15,17-18H2,1-3H3. The molecule has 0 amide bonds. The zero-order valence-electron chi connectivity index (χ0n) is 19.4. The lowest BCUT2D eigenvalue weighted by molar-refractivity contribution is 0.183. The summed E-state index contributed by atoms with van der Waals surface area (Å²) in [5.74, 6) is 0.340. The molecule has 1 heterocycles. The van der Waals surface area contributed by atoms with Gasteiger partial charge in [0.15, 0.2) is 0 Å². The lowest BCUT2D eigenvalue weighted by atomic mass is 10.2. The number of imidazole rings is 1. The third kappa shape index (κ3) is 5.84. The lowest BCUT2D eigenvalue weighted by Crippen LogP contribution is -2.31. The largest absolute Gasteiger partial charge is 0.497 e. The van der Waals surface area contributed by atoms with Gasteiger partial charge in [-0.2, -0.15) is 4.31 Å². The van der Waals surface area contributed by atoms with Crippen LogP contribution in [-0.4, -0.2) is 58.1 Å². The maximum absolute atomic E-state index is 13.3. The van der Waals surface area contributed by atoms with Gasteiger partial charge in [-0.25, -0.2) is 21.8 Å². The molecule has 11 heteroatoms. The normalized spacial score (nSPS) is 12.2. The molecule has 0 aliphatic rings. The Balaban J connectivity index is 1.94. The monoisotopic (exact) mass is 507 g/mol. The Labute approximate surface area is 200 Å². The van der Waals surface area contributed by atoms with Crippen LogP contribution in [0.3, 0.4) is 0 Å². The summed E-state index contributed by atoms with van der Waals surface area (Å²) in [6.07, 6.45) is 1.42. The Morgan fingerprint density at radius 1 is 0.971 bits per heavy atom.